The second kappa shape index (κ2) is 9.38. The van der Waals surface area contributed by atoms with E-state index in [-0.39, 0.29) is 23.8 Å². The van der Waals surface area contributed by atoms with Crippen molar-refractivity contribution in [2.45, 2.75) is 50.8 Å². The fraction of sp³-hybridized carbons (Fsp3) is 0.429. The minimum absolute atomic E-state index is 0.0331. The number of hydrogen-bond donors (Lipinski definition) is 1. The Labute approximate surface area is 206 Å². The number of nitrogens with zero attached hydrogens (tertiary/aromatic N) is 2. The molecule has 0 aliphatic carbocycles. The molecule has 1 aromatic heterocycles. The Balaban J connectivity index is 1.51. The van der Waals surface area contributed by atoms with Gasteiger partial charge >= 0.3 is 0 Å². The van der Waals surface area contributed by atoms with Gasteiger partial charge in [0.15, 0.2) is 0 Å². The number of rotatable bonds is 7. The van der Waals surface area contributed by atoms with Gasteiger partial charge in [-0.05, 0) is 49.4 Å². The second-order valence-electron chi connectivity index (χ2n) is 9.89. The molecule has 184 valence electrons. The third-order valence-corrected chi connectivity index (χ3v) is 7.47. The highest BCUT2D eigenvalue weighted by Gasteiger charge is 2.48. The predicted octanol–water partition coefficient (Wildman–Crippen LogP) is 3.96. The Bertz CT molecular complexity index is 1230. The minimum atomic E-state index is -1.05. The van der Waals surface area contributed by atoms with Crippen LogP contribution < -0.4 is 10.1 Å². The van der Waals surface area contributed by atoms with Crippen LogP contribution in [0.3, 0.4) is 0 Å². The summed E-state index contributed by atoms with van der Waals surface area (Å²) in [7, 11) is 1.63. The van der Waals surface area contributed by atoms with Crippen LogP contribution in [0.2, 0.25) is 0 Å². The molecule has 35 heavy (non-hydrogen) atoms. The molecule has 2 aromatic carbocycles. The molecule has 3 atom stereocenters. The summed E-state index contributed by atoms with van der Waals surface area (Å²) in [5.41, 5.74) is 1.57. The number of fused-ring (bicyclic) bond motifs is 3. The Kier molecular flexibility index (Phi) is 6.28. The van der Waals surface area contributed by atoms with Crippen molar-refractivity contribution < 1.29 is 19.1 Å². The van der Waals surface area contributed by atoms with Crippen molar-refractivity contribution in [2.75, 3.05) is 26.8 Å². The van der Waals surface area contributed by atoms with Gasteiger partial charge in [-0.15, -0.1) is 0 Å². The van der Waals surface area contributed by atoms with E-state index in [0.29, 0.717) is 25.3 Å². The van der Waals surface area contributed by atoms with Gasteiger partial charge in [0.25, 0.3) is 5.91 Å². The molecule has 1 fully saturated rings. The van der Waals surface area contributed by atoms with Gasteiger partial charge < -0.3 is 24.3 Å². The van der Waals surface area contributed by atoms with E-state index in [1.54, 1.807) is 12.0 Å². The quantitative estimate of drug-likeness (QED) is 0.561. The lowest BCUT2D eigenvalue weighted by Crippen LogP contribution is -2.64. The summed E-state index contributed by atoms with van der Waals surface area (Å²) in [6.07, 6.45) is 1.99. The highest BCUT2D eigenvalue weighted by Crippen LogP contribution is 2.35. The molecule has 0 radical (unpaired) electrons. The third-order valence-electron chi connectivity index (χ3n) is 7.47. The van der Waals surface area contributed by atoms with Crippen molar-refractivity contribution in [3.8, 4) is 5.75 Å². The van der Waals surface area contributed by atoms with Crippen LogP contribution in [0.4, 0.5) is 0 Å². The molecule has 0 spiro atoms. The Morgan fingerprint density at radius 2 is 2.03 bits per heavy atom. The molecule has 7 nitrogen and oxygen atoms in total. The Morgan fingerprint density at radius 3 is 2.74 bits per heavy atom. The summed E-state index contributed by atoms with van der Waals surface area (Å²) in [6, 6.07) is 17.8. The highest BCUT2D eigenvalue weighted by atomic mass is 16.5. The molecule has 2 aliphatic heterocycles. The number of ether oxygens (including phenoxy) is 2. The maximum absolute atomic E-state index is 14.0. The van der Waals surface area contributed by atoms with Crippen LogP contribution in [0.1, 0.15) is 48.7 Å². The summed E-state index contributed by atoms with van der Waals surface area (Å²) >= 11 is 0. The smallest absolute Gasteiger partial charge is 0.271 e. The molecule has 1 saturated heterocycles. The first kappa shape index (κ1) is 23.4. The molecular weight excluding hydrogens is 442 g/mol. The molecular formula is C28H33N3O4. The van der Waals surface area contributed by atoms with Crippen LogP contribution in [0.15, 0.2) is 54.6 Å². The Morgan fingerprint density at radius 1 is 1.23 bits per heavy atom. The SMILES string of the molecule is COc1ccc2cc3n(c2c1)C[C@](C)(C(=O)NC[C@@H]1CCCO1)N(C[C@H](C)c1ccccc1)C3=O. The van der Waals surface area contributed by atoms with E-state index in [1.807, 2.05) is 54.0 Å². The van der Waals surface area contributed by atoms with E-state index in [0.717, 1.165) is 41.7 Å². The van der Waals surface area contributed by atoms with Crippen LogP contribution in [-0.2, 0) is 16.1 Å². The molecule has 0 saturated carbocycles. The van der Waals surface area contributed by atoms with Crippen LogP contribution in [0, 0.1) is 0 Å². The van der Waals surface area contributed by atoms with Gasteiger partial charge in [-0.2, -0.15) is 0 Å². The van der Waals surface area contributed by atoms with Gasteiger partial charge in [0.2, 0.25) is 5.91 Å². The average molecular weight is 476 g/mol. The zero-order valence-electron chi connectivity index (χ0n) is 20.6. The van der Waals surface area contributed by atoms with Crippen molar-refractivity contribution in [3.63, 3.8) is 0 Å². The minimum Gasteiger partial charge on any atom is -0.497 e. The number of carbonyl (C=O) groups is 2. The van der Waals surface area contributed by atoms with E-state index in [1.165, 1.54) is 0 Å². The Hall–Kier alpha value is -3.32. The van der Waals surface area contributed by atoms with Crippen LogP contribution >= 0.6 is 0 Å². The number of hydrogen-bond acceptors (Lipinski definition) is 4. The van der Waals surface area contributed by atoms with Crippen LogP contribution in [0.5, 0.6) is 5.75 Å². The lowest BCUT2D eigenvalue weighted by atomic mass is 9.91. The van der Waals surface area contributed by atoms with Gasteiger partial charge in [-0.25, -0.2) is 0 Å². The van der Waals surface area contributed by atoms with Crippen molar-refractivity contribution in [3.05, 3.63) is 65.9 Å². The molecule has 0 bridgehead atoms. The fourth-order valence-corrected chi connectivity index (χ4v) is 5.31. The predicted molar refractivity (Wildman–Crippen MR) is 135 cm³/mol. The zero-order valence-corrected chi connectivity index (χ0v) is 20.6. The van der Waals surface area contributed by atoms with Crippen molar-refractivity contribution >= 4 is 22.7 Å². The first-order valence-corrected chi connectivity index (χ1v) is 12.3. The molecule has 3 heterocycles. The van der Waals surface area contributed by atoms with Crippen LogP contribution in [0.25, 0.3) is 10.9 Å². The molecule has 2 amide bonds. The first-order valence-electron chi connectivity index (χ1n) is 12.3. The maximum atomic E-state index is 14.0. The number of nitrogens with one attached hydrogen (secondary N) is 1. The number of benzene rings is 2. The zero-order chi connectivity index (χ0) is 24.6. The summed E-state index contributed by atoms with van der Waals surface area (Å²) in [4.78, 5) is 29.5. The van der Waals surface area contributed by atoms with E-state index >= 15 is 0 Å². The summed E-state index contributed by atoms with van der Waals surface area (Å²) < 4.78 is 13.1. The van der Waals surface area contributed by atoms with E-state index in [2.05, 4.69) is 24.4 Å². The standard InChI is InChI=1S/C28H33N3O4/c1-19(20-8-5-4-6-9-20)17-31-26(32)25-14-21-11-12-22(34-3)15-24(21)30(25)18-28(31,2)27(33)29-16-23-10-7-13-35-23/h4-6,8-9,11-12,14-15,19,23H,7,10,13,16-18H2,1-3H3,(H,29,33)/t19-,23-,28+/m0/s1. The van der Waals surface area contributed by atoms with Crippen molar-refractivity contribution in [1.82, 2.24) is 14.8 Å². The van der Waals surface area contributed by atoms with Gasteiger partial charge in [-0.3, -0.25) is 9.59 Å². The largest absolute Gasteiger partial charge is 0.497 e. The van der Waals surface area contributed by atoms with E-state index in [4.69, 9.17) is 9.47 Å². The van der Waals surface area contributed by atoms with Crippen molar-refractivity contribution in [1.29, 1.82) is 0 Å². The number of methoxy groups -OCH3 is 1. The molecule has 1 N–H and O–H groups in total. The third kappa shape index (κ3) is 4.29. The van der Waals surface area contributed by atoms with E-state index in [9.17, 15) is 9.59 Å². The van der Waals surface area contributed by atoms with Gasteiger partial charge in [0.05, 0.1) is 25.3 Å². The van der Waals surface area contributed by atoms with Crippen LogP contribution in [-0.4, -0.2) is 59.7 Å². The van der Waals surface area contributed by atoms with Crippen molar-refractivity contribution in [2.24, 2.45) is 0 Å². The van der Waals surface area contributed by atoms with E-state index < -0.39 is 5.54 Å². The average Bonchev–Trinajstić information content (AvgIpc) is 3.53. The fourth-order valence-electron chi connectivity index (χ4n) is 5.31. The lowest BCUT2D eigenvalue weighted by molar-refractivity contribution is -0.133. The summed E-state index contributed by atoms with van der Waals surface area (Å²) in [5, 5.41) is 4.05. The number of amides is 2. The number of carbonyl (C=O) groups excluding carboxylic acids is 2. The lowest BCUT2D eigenvalue weighted by Gasteiger charge is -2.45. The van der Waals surface area contributed by atoms with Gasteiger partial charge in [0, 0.05) is 31.1 Å². The molecule has 7 heteroatoms. The van der Waals surface area contributed by atoms with Gasteiger partial charge in [0.1, 0.15) is 17.0 Å². The normalized spacial score (nSPS) is 22.8. The monoisotopic (exact) mass is 475 g/mol. The topological polar surface area (TPSA) is 72.8 Å². The van der Waals surface area contributed by atoms with Gasteiger partial charge in [-0.1, -0.05) is 37.3 Å². The second-order valence-corrected chi connectivity index (χ2v) is 9.89. The first-order chi connectivity index (χ1) is 16.9. The maximum Gasteiger partial charge on any atom is 0.271 e. The molecule has 0 unspecified atom stereocenters. The number of aromatic nitrogens is 1. The molecule has 3 aromatic rings. The summed E-state index contributed by atoms with van der Waals surface area (Å²) in [5.74, 6) is 0.498. The summed E-state index contributed by atoms with van der Waals surface area (Å²) in [6.45, 7) is 5.97. The molecule has 5 rings (SSSR count). The molecule has 2 aliphatic rings. The highest BCUT2D eigenvalue weighted by molar-refractivity contribution is 6.03.